The first-order valence-electron chi connectivity index (χ1n) is 7.38. The van der Waals surface area contributed by atoms with Crippen molar-refractivity contribution < 1.29 is 28.6 Å². The monoisotopic (exact) mass is 313 g/mol. The fourth-order valence-corrected chi connectivity index (χ4v) is 3.51. The summed E-state index contributed by atoms with van der Waals surface area (Å²) in [5.74, 6) is -2.36. The predicted molar refractivity (Wildman–Crippen MR) is 75.9 cm³/mol. The molecule has 4 atom stereocenters. The molecule has 2 saturated heterocycles. The molecular weight excluding hydrogens is 290 g/mol. The lowest BCUT2D eigenvalue weighted by molar-refractivity contribution is -0.157. The largest absolute Gasteiger partial charge is 0.469 e. The van der Waals surface area contributed by atoms with E-state index in [9.17, 15) is 14.4 Å². The van der Waals surface area contributed by atoms with Gasteiger partial charge in [-0.1, -0.05) is 0 Å². The van der Waals surface area contributed by atoms with Crippen molar-refractivity contribution in [3.63, 3.8) is 0 Å². The summed E-state index contributed by atoms with van der Waals surface area (Å²) in [6.07, 6.45) is 0.800. The summed E-state index contributed by atoms with van der Waals surface area (Å²) < 4.78 is 15.0. The van der Waals surface area contributed by atoms with E-state index >= 15 is 0 Å². The van der Waals surface area contributed by atoms with Gasteiger partial charge in [-0.3, -0.25) is 9.59 Å². The van der Waals surface area contributed by atoms with Crippen LogP contribution in [0, 0.1) is 11.8 Å². The summed E-state index contributed by atoms with van der Waals surface area (Å²) in [6, 6.07) is -0.757. The van der Waals surface area contributed by atoms with Crippen molar-refractivity contribution in [3.8, 4) is 0 Å². The highest BCUT2D eigenvalue weighted by Gasteiger charge is 2.61. The van der Waals surface area contributed by atoms with Gasteiger partial charge in [0, 0.05) is 12.1 Å². The fourth-order valence-electron chi connectivity index (χ4n) is 3.51. The molecule has 22 heavy (non-hydrogen) atoms. The Morgan fingerprint density at radius 2 is 1.32 bits per heavy atom. The van der Waals surface area contributed by atoms with E-state index in [0.717, 1.165) is 0 Å². The number of ether oxygens (including phenoxy) is 3. The van der Waals surface area contributed by atoms with Crippen LogP contribution in [-0.2, 0) is 23.8 Å². The summed E-state index contributed by atoms with van der Waals surface area (Å²) in [4.78, 5) is 38.1. The molecule has 7 nitrogen and oxygen atoms in total. The molecule has 2 heterocycles. The van der Waals surface area contributed by atoms with Crippen LogP contribution in [0.1, 0.15) is 33.6 Å². The van der Waals surface area contributed by atoms with E-state index in [0.29, 0.717) is 12.8 Å². The van der Waals surface area contributed by atoms with Gasteiger partial charge in [0.05, 0.1) is 26.1 Å². The Morgan fingerprint density at radius 1 is 0.909 bits per heavy atom. The maximum atomic E-state index is 12.4. The number of hydrogen-bond donors (Lipinski definition) is 0. The SMILES string of the molecule is COC(=O)C1C(C(=O)OC)C2CCC1N2C(=O)OC(C)(C)C. The molecule has 2 rings (SSSR count). The van der Waals surface area contributed by atoms with E-state index < -0.39 is 35.5 Å². The first kappa shape index (κ1) is 16.6. The van der Waals surface area contributed by atoms with E-state index in [2.05, 4.69) is 0 Å². The summed E-state index contributed by atoms with van der Waals surface area (Å²) in [5.41, 5.74) is -0.638. The minimum absolute atomic E-state index is 0.378. The van der Waals surface area contributed by atoms with Crippen molar-refractivity contribution in [3.05, 3.63) is 0 Å². The number of esters is 2. The third-order valence-electron chi connectivity index (χ3n) is 4.24. The fraction of sp³-hybridized carbons (Fsp3) is 0.800. The quantitative estimate of drug-likeness (QED) is 0.565. The molecule has 124 valence electrons. The Kier molecular flexibility index (Phi) is 4.35. The number of amides is 1. The molecule has 0 aromatic heterocycles. The molecule has 0 aliphatic carbocycles. The van der Waals surface area contributed by atoms with Crippen LogP contribution in [0.15, 0.2) is 0 Å². The average molecular weight is 313 g/mol. The number of fused-ring (bicyclic) bond motifs is 2. The predicted octanol–water partition coefficient (Wildman–Crippen LogP) is 1.35. The molecular formula is C15H23NO6. The molecule has 2 aliphatic heterocycles. The molecule has 0 aromatic carbocycles. The summed E-state index contributed by atoms with van der Waals surface area (Å²) in [6.45, 7) is 5.33. The van der Waals surface area contributed by atoms with Crippen molar-refractivity contribution >= 4 is 18.0 Å². The lowest BCUT2D eigenvalue weighted by atomic mass is 9.79. The van der Waals surface area contributed by atoms with E-state index in [1.165, 1.54) is 19.1 Å². The molecule has 0 aromatic rings. The van der Waals surface area contributed by atoms with Gasteiger partial charge in [0.15, 0.2) is 0 Å². The normalized spacial score (nSPS) is 30.1. The highest BCUT2D eigenvalue weighted by Crippen LogP contribution is 2.47. The van der Waals surface area contributed by atoms with Crippen LogP contribution in [0.5, 0.6) is 0 Å². The second-order valence-corrected chi connectivity index (χ2v) is 6.70. The third kappa shape index (κ3) is 2.76. The van der Waals surface area contributed by atoms with Gasteiger partial charge >= 0.3 is 18.0 Å². The zero-order chi connectivity index (χ0) is 16.7. The smallest absolute Gasteiger partial charge is 0.410 e. The van der Waals surface area contributed by atoms with Crippen LogP contribution in [-0.4, -0.2) is 54.8 Å². The Balaban J connectivity index is 2.29. The third-order valence-corrected chi connectivity index (χ3v) is 4.24. The van der Waals surface area contributed by atoms with Crippen LogP contribution in [0.25, 0.3) is 0 Å². The zero-order valence-corrected chi connectivity index (χ0v) is 13.6. The minimum atomic E-state index is -0.691. The number of carbonyl (C=O) groups is 3. The number of methoxy groups -OCH3 is 2. The summed E-state index contributed by atoms with van der Waals surface area (Å²) >= 11 is 0. The highest BCUT2D eigenvalue weighted by atomic mass is 16.6. The van der Waals surface area contributed by atoms with E-state index in [1.807, 2.05) is 0 Å². The molecule has 2 fully saturated rings. The summed E-state index contributed by atoms with van der Waals surface area (Å²) in [5, 5.41) is 0. The van der Waals surface area contributed by atoms with Gasteiger partial charge in [-0.2, -0.15) is 0 Å². The van der Waals surface area contributed by atoms with Gasteiger partial charge in [-0.15, -0.1) is 0 Å². The van der Waals surface area contributed by atoms with Gasteiger partial charge in [0.1, 0.15) is 5.60 Å². The van der Waals surface area contributed by atoms with Crippen molar-refractivity contribution in [1.29, 1.82) is 0 Å². The average Bonchev–Trinajstić information content (AvgIpc) is 2.99. The Hall–Kier alpha value is -1.79. The van der Waals surface area contributed by atoms with Gasteiger partial charge in [-0.25, -0.2) is 4.79 Å². The standard InChI is InChI=1S/C15H23NO6/c1-15(2,3)22-14(19)16-8-6-7-9(16)11(13(18)21-5)10(8)12(17)20-4/h8-11H,6-7H2,1-5H3. The maximum Gasteiger partial charge on any atom is 0.410 e. The van der Waals surface area contributed by atoms with Gasteiger partial charge in [-0.05, 0) is 33.6 Å². The van der Waals surface area contributed by atoms with Crippen molar-refractivity contribution in [2.45, 2.75) is 51.3 Å². The van der Waals surface area contributed by atoms with E-state index in [4.69, 9.17) is 14.2 Å². The number of rotatable bonds is 2. The Labute approximate surface area is 129 Å². The van der Waals surface area contributed by atoms with E-state index in [1.54, 1.807) is 20.8 Å². The zero-order valence-electron chi connectivity index (χ0n) is 13.6. The summed E-state index contributed by atoms with van der Waals surface area (Å²) in [7, 11) is 2.56. The van der Waals surface area contributed by atoms with E-state index in [-0.39, 0.29) is 12.1 Å². The highest BCUT2D eigenvalue weighted by molar-refractivity contribution is 5.86. The molecule has 0 radical (unpaired) electrons. The second kappa shape index (κ2) is 5.78. The molecule has 0 saturated carbocycles. The molecule has 2 bridgehead atoms. The minimum Gasteiger partial charge on any atom is -0.469 e. The lowest BCUT2D eigenvalue weighted by Gasteiger charge is -2.27. The van der Waals surface area contributed by atoms with Gasteiger partial charge in [0.2, 0.25) is 0 Å². The van der Waals surface area contributed by atoms with Crippen LogP contribution in [0.3, 0.4) is 0 Å². The van der Waals surface area contributed by atoms with Crippen molar-refractivity contribution in [2.24, 2.45) is 11.8 Å². The second-order valence-electron chi connectivity index (χ2n) is 6.70. The molecule has 1 amide bonds. The van der Waals surface area contributed by atoms with Crippen LogP contribution < -0.4 is 0 Å². The van der Waals surface area contributed by atoms with Crippen molar-refractivity contribution in [2.75, 3.05) is 14.2 Å². The van der Waals surface area contributed by atoms with Crippen LogP contribution in [0.4, 0.5) is 4.79 Å². The topological polar surface area (TPSA) is 82.1 Å². The molecule has 7 heteroatoms. The maximum absolute atomic E-state index is 12.4. The van der Waals surface area contributed by atoms with Crippen LogP contribution in [0.2, 0.25) is 0 Å². The van der Waals surface area contributed by atoms with Crippen molar-refractivity contribution in [1.82, 2.24) is 4.90 Å². The Morgan fingerprint density at radius 3 is 1.64 bits per heavy atom. The van der Waals surface area contributed by atoms with Gasteiger partial charge < -0.3 is 19.1 Å². The Bertz CT molecular complexity index is 453. The van der Waals surface area contributed by atoms with Gasteiger partial charge in [0.25, 0.3) is 0 Å². The molecule has 2 aliphatic rings. The number of carbonyl (C=O) groups excluding carboxylic acids is 3. The number of nitrogens with zero attached hydrogens (tertiary/aromatic N) is 1. The molecule has 0 spiro atoms. The first-order valence-corrected chi connectivity index (χ1v) is 7.38. The lowest BCUT2D eigenvalue weighted by Crippen LogP contribution is -2.41. The first-order chi connectivity index (χ1) is 10.2. The molecule has 4 unspecified atom stereocenters. The number of hydrogen-bond acceptors (Lipinski definition) is 6. The molecule has 0 N–H and O–H groups in total. The van der Waals surface area contributed by atoms with Crippen LogP contribution >= 0.6 is 0 Å².